The topological polar surface area (TPSA) is 12.0 Å². The fourth-order valence-electron chi connectivity index (χ4n) is 0.995. The van der Waals surface area contributed by atoms with Crippen LogP contribution >= 0.6 is 0 Å². The highest BCUT2D eigenvalue weighted by Gasteiger charge is 2.26. The van der Waals surface area contributed by atoms with Crippen molar-refractivity contribution in [3.05, 3.63) is 41.2 Å². The summed E-state index contributed by atoms with van der Waals surface area (Å²) in [7, 11) is 1.25. The van der Waals surface area contributed by atoms with Gasteiger partial charge >= 0.3 is 0 Å². The molecule has 1 aromatic rings. The lowest BCUT2D eigenvalue weighted by molar-refractivity contribution is 0.376. The quantitative estimate of drug-likeness (QED) is 0.461. The molecule has 82 valence electrons. The predicted octanol–water partition coefficient (Wildman–Crippen LogP) is 2.57. The minimum atomic E-state index is -2.18. The first-order chi connectivity index (χ1) is 6.91. The molecule has 0 bridgehead atoms. The Kier molecular flexibility index (Phi) is 2.97. The van der Waals surface area contributed by atoms with E-state index in [0.29, 0.717) is 0 Å². The maximum absolute atomic E-state index is 13.0. The molecule has 0 aliphatic heterocycles. The second kappa shape index (κ2) is 3.88. The molecule has 15 heavy (non-hydrogen) atoms. The second-order valence-electron chi connectivity index (χ2n) is 2.67. The van der Waals surface area contributed by atoms with E-state index >= 15 is 0 Å². The molecule has 0 atom stereocenters. The summed E-state index contributed by atoms with van der Waals surface area (Å²) in [4.78, 5) is 0. The third-order valence-corrected chi connectivity index (χ3v) is 1.81. The molecule has 6 heteroatoms. The van der Waals surface area contributed by atoms with Gasteiger partial charge in [-0.1, -0.05) is 6.58 Å². The van der Waals surface area contributed by atoms with Crippen LogP contribution in [-0.2, 0) is 0 Å². The van der Waals surface area contributed by atoms with Gasteiger partial charge in [0.25, 0.3) is 0 Å². The Morgan fingerprint density at radius 1 is 0.867 bits per heavy atom. The Hall–Kier alpha value is -1.59. The number of nitrogens with one attached hydrogen (secondary N) is 1. The van der Waals surface area contributed by atoms with Crippen molar-refractivity contribution in [3.8, 4) is 0 Å². The minimum Gasteiger partial charge on any atom is -0.388 e. The van der Waals surface area contributed by atoms with Gasteiger partial charge in [0, 0.05) is 12.7 Å². The summed E-state index contributed by atoms with van der Waals surface area (Å²) in [6.07, 6.45) is 0. The SMILES string of the molecule is C=C(NC)c1c(F)c(F)c(F)c(F)c1F. The van der Waals surface area contributed by atoms with Crippen LogP contribution in [0.3, 0.4) is 0 Å². The van der Waals surface area contributed by atoms with Crippen LogP contribution in [-0.4, -0.2) is 7.05 Å². The Balaban J connectivity index is 3.60. The molecule has 0 radical (unpaired) electrons. The first-order valence-corrected chi connectivity index (χ1v) is 3.80. The van der Waals surface area contributed by atoms with Gasteiger partial charge in [-0.15, -0.1) is 0 Å². The molecule has 0 saturated carbocycles. The zero-order chi connectivity index (χ0) is 11.7. The van der Waals surface area contributed by atoms with Crippen LogP contribution in [0, 0.1) is 29.1 Å². The molecule has 1 aromatic carbocycles. The van der Waals surface area contributed by atoms with E-state index in [0.717, 1.165) is 0 Å². The van der Waals surface area contributed by atoms with E-state index in [-0.39, 0.29) is 5.70 Å². The van der Waals surface area contributed by atoms with Crippen molar-refractivity contribution < 1.29 is 22.0 Å². The molecule has 0 spiro atoms. The van der Waals surface area contributed by atoms with Crippen molar-refractivity contribution in [2.75, 3.05) is 7.05 Å². The zero-order valence-corrected chi connectivity index (χ0v) is 7.60. The van der Waals surface area contributed by atoms with E-state index in [4.69, 9.17) is 0 Å². The first-order valence-electron chi connectivity index (χ1n) is 3.80. The number of rotatable bonds is 2. The summed E-state index contributed by atoms with van der Waals surface area (Å²) in [5, 5.41) is 2.21. The van der Waals surface area contributed by atoms with Crippen molar-refractivity contribution in [2.45, 2.75) is 0 Å². The number of hydrogen-bond acceptors (Lipinski definition) is 1. The minimum absolute atomic E-state index is 0.386. The van der Waals surface area contributed by atoms with Crippen LogP contribution in [0.5, 0.6) is 0 Å². The third-order valence-electron chi connectivity index (χ3n) is 1.81. The summed E-state index contributed by atoms with van der Waals surface area (Å²) in [5.41, 5.74) is -1.43. The normalized spacial score (nSPS) is 10.3. The maximum atomic E-state index is 13.0. The van der Waals surface area contributed by atoms with Crippen molar-refractivity contribution in [3.63, 3.8) is 0 Å². The zero-order valence-electron chi connectivity index (χ0n) is 7.60. The highest BCUT2D eigenvalue weighted by molar-refractivity contribution is 5.62. The number of benzene rings is 1. The molecule has 0 saturated heterocycles. The molecule has 0 heterocycles. The van der Waals surface area contributed by atoms with Gasteiger partial charge in [-0.3, -0.25) is 0 Å². The maximum Gasteiger partial charge on any atom is 0.200 e. The van der Waals surface area contributed by atoms with E-state index in [2.05, 4.69) is 11.9 Å². The van der Waals surface area contributed by atoms with Crippen molar-refractivity contribution in [2.24, 2.45) is 0 Å². The molecule has 0 amide bonds. The highest BCUT2D eigenvalue weighted by Crippen LogP contribution is 2.26. The molecular formula is C9H6F5N. The van der Waals surface area contributed by atoms with Crippen LogP contribution in [0.4, 0.5) is 22.0 Å². The Morgan fingerprint density at radius 2 is 1.20 bits per heavy atom. The Labute approximate surface area is 82.2 Å². The lowest BCUT2D eigenvalue weighted by atomic mass is 10.1. The molecule has 0 aromatic heterocycles. The molecule has 1 N–H and O–H groups in total. The van der Waals surface area contributed by atoms with Gasteiger partial charge < -0.3 is 5.32 Å². The largest absolute Gasteiger partial charge is 0.388 e. The van der Waals surface area contributed by atoms with E-state index in [1.165, 1.54) is 7.05 Å². The number of halogens is 5. The van der Waals surface area contributed by atoms with E-state index < -0.39 is 34.6 Å². The average Bonchev–Trinajstić information content (AvgIpc) is 2.23. The highest BCUT2D eigenvalue weighted by atomic mass is 19.2. The van der Waals surface area contributed by atoms with Crippen LogP contribution in [0.15, 0.2) is 6.58 Å². The van der Waals surface area contributed by atoms with Crippen LogP contribution in [0.25, 0.3) is 5.70 Å². The molecule has 0 aliphatic carbocycles. The lowest BCUT2D eigenvalue weighted by Crippen LogP contribution is -2.12. The smallest absolute Gasteiger partial charge is 0.200 e. The third kappa shape index (κ3) is 1.67. The van der Waals surface area contributed by atoms with E-state index in [1.807, 2.05) is 0 Å². The summed E-state index contributed by atoms with van der Waals surface area (Å²) >= 11 is 0. The van der Waals surface area contributed by atoms with Gasteiger partial charge in [-0.2, -0.15) is 0 Å². The van der Waals surface area contributed by atoms with Gasteiger partial charge in [0.05, 0.1) is 5.56 Å². The van der Waals surface area contributed by atoms with Gasteiger partial charge in [-0.25, -0.2) is 22.0 Å². The Bertz CT molecular complexity index is 398. The van der Waals surface area contributed by atoms with Gasteiger partial charge in [0.15, 0.2) is 23.3 Å². The van der Waals surface area contributed by atoms with E-state index in [9.17, 15) is 22.0 Å². The summed E-state index contributed by atoms with van der Waals surface area (Å²) in [6, 6.07) is 0. The van der Waals surface area contributed by atoms with Gasteiger partial charge in [0.1, 0.15) is 0 Å². The standard InChI is InChI=1S/C9H6F5N/c1-3(15-2)4-5(10)7(12)9(14)8(13)6(4)11/h15H,1H2,2H3. The van der Waals surface area contributed by atoms with Gasteiger partial charge in [0.2, 0.25) is 5.82 Å². The Morgan fingerprint density at radius 3 is 1.53 bits per heavy atom. The average molecular weight is 223 g/mol. The van der Waals surface area contributed by atoms with Crippen LogP contribution in [0.1, 0.15) is 5.56 Å². The van der Waals surface area contributed by atoms with Gasteiger partial charge in [-0.05, 0) is 0 Å². The van der Waals surface area contributed by atoms with Crippen molar-refractivity contribution in [1.29, 1.82) is 0 Å². The van der Waals surface area contributed by atoms with E-state index in [1.54, 1.807) is 0 Å². The van der Waals surface area contributed by atoms with Crippen molar-refractivity contribution >= 4 is 5.70 Å². The van der Waals surface area contributed by atoms with Crippen LogP contribution in [0.2, 0.25) is 0 Å². The molecule has 1 rings (SSSR count). The molecule has 0 aliphatic rings. The summed E-state index contributed by atoms with van der Waals surface area (Å²) < 4.78 is 64.0. The molecule has 0 unspecified atom stereocenters. The molecule has 0 fully saturated rings. The lowest BCUT2D eigenvalue weighted by Gasteiger charge is -2.09. The van der Waals surface area contributed by atoms with Crippen molar-refractivity contribution in [1.82, 2.24) is 5.32 Å². The summed E-state index contributed by atoms with van der Waals surface area (Å²) in [6.45, 7) is 3.13. The monoisotopic (exact) mass is 223 g/mol. The molecular weight excluding hydrogens is 217 g/mol. The predicted molar refractivity (Wildman–Crippen MR) is 44.3 cm³/mol. The molecule has 1 nitrogen and oxygen atoms in total. The second-order valence-corrected chi connectivity index (χ2v) is 2.67. The first kappa shape index (κ1) is 11.5. The van der Waals surface area contributed by atoms with Crippen LogP contribution < -0.4 is 5.32 Å². The fourth-order valence-corrected chi connectivity index (χ4v) is 0.995. The number of hydrogen-bond donors (Lipinski definition) is 1. The summed E-state index contributed by atoms with van der Waals surface area (Å²) in [5.74, 6) is -9.95. The fraction of sp³-hybridized carbons (Fsp3) is 0.111.